The minimum atomic E-state index is -0.635. The second-order valence-electron chi connectivity index (χ2n) is 6.03. The Hall–Kier alpha value is -2.40. The molecule has 2 amide bonds. The molecule has 0 unspecified atom stereocenters. The van der Waals surface area contributed by atoms with Crippen LogP contribution in [0.15, 0.2) is 48.5 Å². The Balaban J connectivity index is 2.13. The summed E-state index contributed by atoms with van der Waals surface area (Å²) in [6, 6.07) is 12.6. The number of amides is 2. The lowest BCUT2D eigenvalue weighted by molar-refractivity contribution is -0.140. The average molecular weight is 377 g/mol. The van der Waals surface area contributed by atoms with Crippen molar-refractivity contribution in [2.45, 2.75) is 32.4 Å². The zero-order valence-corrected chi connectivity index (χ0v) is 15.6. The van der Waals surface area contributed by atoms with E-state index in [1.54, 1.807) is 25.1 Å². The zero-order chi connectivity index (χ0) is 19.1. The highest BCUT2D eigenvalue weighted by atomic mass is 35.5. The van der Waals surface area contributed by atoms with Crippen molar-refractivity contribution in [1.82, 2.24) is 10.2 Å². The molecule has 0 saturated carbocycles. The third kappa shape index (κ3) is 5.30. The van der Waals surface area contributed by atoms with Crippen LogP contribution in [-0.2, 0) is 22.6 Å². The topological polar surface area (TPSA) is 49.4 Å². The van der Waals surface area contributed by atoms with E-state index >= 15 is 0 Å². The molecule has 0 bridgehead atoms. The van der Waals surface area contributed by atoms with Crippen molar-refractivity contribution < 1.29 is 14.0 Å². The van der Waals surface area contributed by atoms with Gasteiger partial charge in [0.2, 0.25) is 11.8 Å². The maximum absolute atomic E-state index is 13.1. The number of rotatable bonds is 7. The molecular weight excluding hydrogens is 355 g/mol. The van der Waals surface area contributed by atoms with Crippen molar-refractivity contribution in [3.63, 3.8) is 0 Å². The van der Waals surface area contributed by atoms with E-state index < -0.39 is 6.04 Å². The Kier molecular flexibility index (Phi) is 7.16. The van der Waals surface area contributed by atoms with Gasteiger partial charge in [-0.1, -0.05) is 41.9 Å². The van der Waals surface area contributed by atoms with Crippen LogP contribution >= 0.6 is 11.6 Å². The number of benzene rings is 2. The van der Waals surface area contributed by atoms with Crippen molar-refractivity contribution in [2.75, 3.05) is 7.05 Å². The van der Waals surface area contributed by atoms with Crippen molar-refractivity contribution >= 4 is 23.4 Å². The summed E-state index contributed by atoms with van der Waals surface area (Å²) in [5, 5.41) is 3.18. The molecule has 0 aromatic heterocycles. The number of carbonyl (C=O) groups is 2. The van der Waals surface area contributed by atoms with Gasteiger partial charge in [-0.05, 0) is 42.7 Å². The fraction of sp³-hybridized carbons (Fsp3) is 0.300. The molecule has 0 aliphatic carbocycles. The summed E-state index contributed by atoms with van der Waals surface area (Å²) in [5.74, 6) is -0.756. The van der Waals surface area contributed by atoms with Gasteiger partial charge >= 0.3 is 0 Å². The molecule has 6 heteroatoms. The van der Waals surface area contributed by atoms with Crippen LogP contribution in [0.2, 0.25) is 5.02 Å². The molecular formula is C20H22ClFN2O2. The van der Waals surface area contributed by atoms with Crippen LogP contribution in [0.3, 0.4) is 0 Å². The second kappa shape index (κ2) is 9.34. The molecule has 138 valence electrons. The van der Waals surface area contributed by atoms with Crippen LogP contribution in [0.1, 0.15) is 24.5 Å². The lowest BCUT2D eigenvalue weighted by Crippen LogP contribution is -2.46. The number of hydrogen-bond donors (Lipinski definition) is 1. The minimum Gasteiger partial charge on any atom is -0.357 e. The molecule has 0 spiro atoms. The van der Waals surface area contributed by atoms with Crippen molar-refractivity contribution in [2.24, 2.45) is 0 Å². The van der Waals surface area contributed by atoms with Crippen LogP contribution in [0.5, 0.6) is 0 Å². The van der Waals surface area contributed by atoms with Crippen LogP contribution in [-0.4, -0.2) is 29.8 Å². The summed E-state index contributed by atoms with van der Waals surface area (Å²) in [4.78, 5) is 26.3. The normalized spacial score (nSPS) is 11.7. The molecule has 0 saturated heterocycles. The molecule has 26 heavy (non-hydrogen) atoms. The molecule has 2 rings (SSSR count). The van der Waals surface area contributed by atoms with E-state index in [2.05, 4.69) is 5.32 Å². The lowest BCUT2D eigenvalue weighted by atomic mass is 10.1. The highest BCUT2D eigenvalue weighted by molar-refractivity contribution is 6.31. The first-order chi connectivity index (χ1) is 12.4. The summed E-state index contributed by atoms with van der Waals surface area (Å²) < 4.78 is 13.1. The molecule has 1 N–H and O–H groups in total. The number of carbonyl (C=O) groups excluding carboxylic acids is 2. The van der Waals surface area contributed by atoms with E-state index in [9.17, 15) is 14.0 Å². The Bertz CT molecular complexity index is 765. The van der Waals surface area contributed by atoms with Gasteiger partial charge in [0, 0.05) is 25.0 Å². The summed E-state index contributed by atoms with van der Waals surface area (Å²) in [7, 11) is 1.53. The standard InChI is InChI=1S/C20H22ClFN2O2/c1-14(20(26)23-2)24(13-15-7-10-17(22)11-8-15)19(25)12-9-16-5-3-4-6-18(16)21/h3-8,10-11,14H,9,12-13H2,1-2H3,(H,23,26)/t14-/m1/s1. The first kappa shape index (κ1) is 19.9. The fourth-order valence-corrected chi connectivity index (χ4v) is 2.89. The van der Waals surface area contributed by atoms with Crippen LogP contribution in [0, 0.1) is 5.82 Å². The molecule has 0 aliphatic rings. The zero-order valence-electron chi connectivity index (χ0n) is 14.8. The minimum absolute atomic E-state index is 0.162. The number of nitrogens with one attached hydrogen (secondary N) is 1. The van der Waals surface area contributed by atoms with Gasteiger partial charge in [0.1, 0.15) is 11.9 Å². The Morgan fingerprint density at radius 1 is 1.15 bits per heavy atom. The van der Waals surface area contributed by atoms with Crippen molar-refractivity contribution in [1.29, 1.82) is 0 Å². The molecule has 4 nitrogen and oxygen atoms in total. The van der Waals surface area contributed by atoms with Crippen molar-refractivity contribution in [3.8, 4) is 0 Å². The Morgan fingerprint density at radius 2 is 1.81 bits per heavy atom. The van der Waals surface area contributed by atoms with E-state index in [0.29, 0.717) is 11.4 Å². The van der Waals surface area contributed by atoms with Gasteiger partial charge < -0.3 is 10.2 Å². The fourth-order valence-electron chi connectivity index (χ4n) is 2.66. The summed E-state index contributed by atoms with van der Waals surface area (Å²) in [6.07, 6.45) is 0.713. The third-order valence-electron chi connectivity index (χ3n) is 4.25. The van der Waals surface area contributed by atoms with E-state index in [-0.39, 0.29) is 30.6 Å². The maximum atomic E-state index is 13.1. The van der Waals surface area contributed by atoms with E-state index in [4.69, 9.17) is 11.6 Å². The average Bonchev–Trinajstić information content (AvgIpc) is 2.65. The number of likely N-dealkylation sites (N-methyl/N-ethyl adjacent to an activating group) is 1. The highest BCUT2D eigenvalue weighted by Crippen LogP contribution is 2.18. The summed E-state index contributed by atoms with van der Waals surface area (Å²) in [6.45, 7) is 1.91. The number of halogens is 2. The predicted molar refractivity (Wildman–Crippen MR) is 100 cm³/mol. The van der Waals surface area contributed by atoms with Crippen LogP contribution < -0.4 is 5.32 Å². The second-order valence-corrected chi connectivity index (χ2v) is 6.44. The van der Waals surface area contributed by atoms with Gasteiger partial charge in [0.15, 0.2) is 0 Å². The van der Waals surface area contributed by atoms with Crippen molar-refractivity contribution in [3.05, 3.63) is 70.5 Å². The SMILES string of the molecule is CNC(=O)[C@@H](C)N(Cc1ccc(F)cc1)C(=O)CCc1ccccc1Cl. The molecule has 0 aliphatic heterocycles. The van der Waals surface area contributed by atoms with Gasteiger partial charge in [0.05, 0.1) is 0 Å². The molecule has 0 heterocycles. The Labute approximate surface area is 158 Å². The third-order valence-corrected chi connectivity index (χ3v) is 4.61. The smallest absolute Gasteiger partial charge is 0.242 e. The first-order valence-electron chi connectivity index (χ1n) is 8.41. The number of hydrogen-bond acceptors (Lipinski definition) is 2. The van der Waals surface area contributed by atoms with Gasteiger partial charge in [-0.15, -0.1) is 0 Å². The highest BCUT2D eigenvalue weighted by Gasteiger charge is 2.25. The van der Waals surface area contributed by atoms with Crippen LogP contribution in [0.4, 0.5) is 4.39 Å². The molecule has 0 fully saturated rings. The quantitative estimate of drug-likeness (QED) is 0.803. The molecule has 0 radical (unpaired) electrons. The predicted octanol–water partition coefficient (Wildman–Crippen LogP) is 3.58. The lowest BCUT2D eigenvalue weighted by Gasteiger charge is -2.28. The van der Waals surface area contributed by atoms with E-state index in [1.807, 2.05) is 18.2 Å². The van der Waals surface area contributed by atoms with Crippen LogP contribution in [0.25, 0.3) is 0 Å². The molecule has 2 aromatic carbocycles. The van der Waals surface area contributed by atoms with Gasteiger partial charge in [-0.3, -0.25) is 9.59 Å². The van der Waals surface area contributed by atoms with E-state index in [0.717, 1.165) is 11.1 Å². The number of nitrogens with zero attached hydrogens (tertiary/aromatic N) is 1. The van der Waals surface area contributed by atoms with Gasteiger partial charge in [0.25, 0.3) is 0 Å². The summed E-state index contributed by atoms with van der Waals surface area (Å²) >= 11 is 6.14. The van der Waals surface area contributed by atoms with Gasteiger partial charge in [-0.2, -0.15) is 0 Å². The Morgan fingerprint density at radius 3 is 2.42 bits per heavy atom. The van der Waals surface area contributed by atoms with E-state index in [1.165, 1.54) is 24.1 Å². The first-order valence-corrected chi connectivity index (χ1v) is 8.79. The monoisotopic (exact) mass is 376 g/mol. The van der Waals surface area contributed by atoms with Gasteiger partial charge in [-0.25, -0.2) is 4.39 Å². The largest absolute Gasteiger partial charge is 0.357 e. The molecule has 1 atom stereocenters. The summed E-state index contributed by atoms with van der Waals surface area (Å²) in [5.41, 5.74) is 1.64. The molecule has 2 aromatic rings. The number of aryl methyl sites for hydroxylation is 1. The maximum Gasteiger partial charge on any atom is 0.242 e.